The summed E-state index contributed by atoms with van der Waals surface area (Å²) in [6.45, 7) is 4.08. The molecule has 0 saturated heterocycles. The van der Waals surface area contributed by atoms with Crippen molar-refractivity contribution in [1.29, 1.82) is 0 Å². The molecule has 1 rings (SSSR count). The number of oxime groups is 1. The molecule has 1 amide bonds. The van der Waals surface area contributed by atoms with Crippen LogP contribution in [0.15, 0.2) is 35.5 Å². The smallest absolute Gasteiger partial charge is 0.410 e. The van der Waals surface area contributed by atoms with Crippen molar-refractivity contribution < 1.29 is 14.7 Å². The van der Waals surface area contributed by atoms with Crippen LogP contribution in [0.3, 0.4) is 0 Å². The molecule has 0 aromatic heterocycles. The Bertz CT molecular complexity index is 432. The summed E-state index contributed by atoms with van der Waals surface area (Å²) in [7, 11) is 0. The van der Waals surface area contributed by atoms with Crippen molar-refractivity contribution in [3.05, 3.63) is 30.3 Å². The first-order valence-corrected chi connectivity index (χ1v) is 6.04. The van der Waals surface area contributed by atoms with Crippen molar-refractivity contribution in [1.82, 2.24) is 4.90 Å². The molecule has 1 aromatic carbocycles. The molecular weight excluding hydrogens is 246 g/mol. The summed E-state index contributed by atoms with van der Waals surface area (Å²) in [6.07, 6.45) is -0.162. The van der Waals surface area contributed by atoms with Crippen LogP contribution in [0.1, 0.15) is 20.3 Å². The molecule has 0 radical (unpaired) electrons. The van der Waals surface area contributed by atoms with Gasteiger partial charge < -0.3 is 20.6 Å². The summed E-state index contributed by atoms with van der Waals surface area (Å²) in [5, 5.41) is 11.4. The average Bonchev–Trinajstić information content (AvgIpc) is 2.39. The van der Waals surface area contributed by atoms with Gasteiger partial charge in [0, 0.05) is 19.0 Å². The molecule has 1 aromatic rings. The fourth-order valence-electron chi connectivity index (χ4n) is 1.49. The number of hydrogen-bond acceptors (Lipinski definition) is 4. The number of carbonyl (C=O) groups is 1. The van der Waals surface area contributed by atoms with Gasteiger partial charge in [0.05, 0.1) is 0 Å². The van der Waals surface area contributed by atoms with Crippen LogP contribution in [-0.4, -0.2) is 34.6 Å². The molecule has 104 valence electrons. The summed E-state index contributed by atoms with van der Waals surface area (Å²) in [5.41, 5.74) is 5.40. The van der Waals surface area contributed by atoms with E-state index >= 15 is 0 Å². The highest BCUT2D eigenvalue weighted by Gasteiger charge is 2.19. The second-order valence-corrected chi connectivity index (χ2v) is 4.31. The Morgan fingerprint density at radius 1 is 1.42 bits per heavy atom. The van der Waals surface area contributed by atoms with Gasteiger partial charge in [0.1, 0.15) is 11.6 Å². The summed E-state index contributed by atoms with van der Waals surface area (Å²) in [6, 6.07) is 8.80. The molecule has 0 aliphatic rings. The van der Waals surface area contributed by atoms with Crippen LogP contribution in [0.2, 0.25) is 0 Å². The number of para-hydroxylation sites is 1. The molecule has 0 atom stereocenters. The Balaban J connectivity index is 2.63. The molecule has 0 bridgehead atoms. The molecule has 0 fully saturated rings. The monoisotopic (exact) mass is 265 g/mol. The Labute approximate surface area is 112 Å². The minimum Gasteiger partial charge on any atom is -0.410 e. The number of nitrogens with two attached hydrogens (primary N) is 1. The first-order valence-electron chi connectivity index (χ1n) is 6.04. The van der Waals surface area contributed by atoms with E-state index in [2.05, 4.69) is 5.16 Å². The van der Waals surface area contributed by atoms with Gasteiger partial charge in [0.25, 0.3) is 0 Å². The predicted octanol–water partition coefficient (Wildman–Crippen LogP) is 2.03. The quantitative estimate of drug-likeness (QED) is 0.369. The normalized spacial score (nSPS) is 11.4. The van der Waals surface area contributed by atoms with Gasteiger partial charge in [-0.3, -0.25) is 0 Å². The fraction of sp³-hybridized carbons (Fsp3) is 0.385. The Morgan fingerprint density at radius 3 is 2.58 bits per heavy atom. The zero-order valence-electron chi connectivity index (χ0n) is 11.1. The SMILES string of the molecule is CC(C)N(CC/C(N)=N/O)C(=O)Oc1ccccc1. The molecular formula is C13H19N3O3. The molecule has 0 saturated carbocycles. The number of hydrogen-bond donors (Lipinski definition) is 2. The van der Waals surface area contributed by atoms with E-state index in [9.17, 15) is 4.79 Å². The lowest BCUT2D eigenvalue weighted by molar-refractivity contribution is 0.140. The summed E-state index contributed by atoms with van der Waals surface area (Å²) in [4.78, 5) is 13.5. The summed E-state index contributed by atoms with van der Waals surface area (Å²) < 4.78 is 5.25. The van der Waals surface area contributed by atoms with E-state index in [1.807, 2.05) is 19.9 Å². The summed E-state index contributed by atoms with van der Waals surface area (Å²) >= 11 is 0. The number of amides is 1. The lowest BCUT2D eigenvalue weighted by atomic mass is 10.3. The molecule has 0 spiro atoms. The molecule has 3 N–H and O–H groups in total. The van der Waals surface area contributed by atoms with Gasteiger partial charge in [-0.2, -0.15) is 0 Å². The molecule has 0 aliphatic carbocycles. The second kappa shape index (κ2) is 7.25. The fourth-order valence-corrected chi connectivity index (χ4v) is 1.49. The van der Waals surface area contributed by atoms with Gasteiger partial charge in [-0.05, 0) is 26.0 Å². The van der Waals surface area contributed by atoms with Crippen molar-refractivity contribution in [2.75, 3.05) is 6.54 Å². The maximum absolute atomic E-state index is 12.0. The van der Waals surface area contributed by atoms with Crippen LogP contribution in [0.25, 0.3) is 0 Å². The first kappa shape index (κ1) is 14.8. The third-order valence-corrected chi connectivity index (χ3v) is 2.54. The number of carbonyl (C=O) groups excluding carboxylic acids is 1. The van der Waals surface area contributed by atoms with E-state index in [0.29, 0.717) is 18.7 Å². The largest absolute Gasteiger partial charge is 0.415 e. The van der Waals surface area contributed by atoms with Crippen LogP contribution < -0.4 is 10.5 Å². The maximum atomic E-state index is 12.0. The molecule has 19 heavy (non-hydrogen) atoms. The lowest BCUT2D eigenvalue weighted by Crippen LogP contribution is -2.40. The van der Waals surface area contributed by atoms with E-state index < -0.39 is 6.09 Å². The maximum Gasteiger partial charge on any atom is 0.415 e. The highest BCUT2D eigenvalue weighted by atomic mass is 16.6. The van der Waals surface area contributed by atoms with Crippen molar-refractivity contribution >= 4 is 11.9 Å². The van der Waals surface area contributed by atoms with Gasteiger partial charge in [-0.15, -0.1) is 0 Å². The van der Waals surface area contributed by atoms with Crippen LogP contribution in [0, 0.1) is 0 Å². The van der Waals surface area contributed by atoms with Crippen LogP contribution >= 0.6 is 0 Å². The second-order valence-electron chi connectivity index (χ2n) is 4.31. The van der Waals surface area contributed by atoms with Gasteiger partial charge in [-0.1, -0.05) is 23.4 Å². The third-order valence-electron chi connectivity index (χ3n) is 2.54. The van der Waals surface area contributed by atoms with E-state index in [0.717, 1.165) is 0 Å². The topological polar surface area (TPSA) is 88.1 Å². The minimum atomic E-state index is -0.452. The highest BCUT2D eigenvalue weighted by molar-refractivity contribution is 5.80. The number of ether oxygens (including phenoxy) is 1. The first-order chi connectivity index (χ1) is 9.04. The van der Waals surface area contributed by atoms with Gasteiger partial charge in [0.15, 0.2) is 0 Å². The van der Waals surface area contributed by atoms with Crippen molar-refractivity contribution in [3.8, 4) is 5.75 Å². The Kier molecular flexibility index (Phi) is 5.66. The number of amidine groups is 1. The number of nitrogens with zero attached hydrogens (tertiary/aromatic N) is 2. The van der Waals surface area contributed by atoms with Crippen LogP contribution in [0.4, 0.5) is 4.79 Å². The van der Waals surface area contributed by atoms with E-state index in [1.54, 1.807) is 24.3 Å². The molecule has 0 unspecified atom stereocenters. The third kappa shape index (κ3) is 4.87. The standard InChI is InChI=1S/C13H19N3O3/c1-10(2)16(9-8-12(14)15-18)13(17)19-11-6-4-3-5-7-11/h3-7,10,18H,8-9H2,1-2H3,(H2,14,15). The Morgan fingerprint density at radius 2 is 2.05 bits per heavy atom. The van der Waals surface area contributed by atoms with E-state index in [-0.39, 0.29) is 11.9 Å². The molecule has 0 aliphatic heterocycles. The average molecular weight is 265 g/mol. The number of benzene rings is 1. The minimum absolute atomic E-state index is 0.0392. The number of rotatable bonds is 5. The van der Waals surface area contributed by atoms with Crippen LogP contribution in [-0.2, 0) is 0 Å². The van der Waals surface area contributed by atoms with Crippen molar-refractivity contribution in [2.45, 2.75) is 26.3 Å². The molecule has 0 heterocycles. The van der Waals surface area contributed by atoms with Gasteiger partial charge in [0.2, 0.25) is 0 Å². The Hall–Kier alpha value is -2.24. The predicted molar refractivity (Wildman–Crippen MR) is 72.3 cm³/mol. The zero-order chi connectivity index (χ0) is 14.3. The zero-order valence-corrected chi connectivity index (χ0v) is 11.1. The van der Waals surface area contributed by atoms with Gasteiger partial charge in [-0.25, -0.2) is 4.79 Å². The lowest BCUT2D eigenvalue weighted by Gasteiger charge is -2.25. The van der Waals surface area contributed by atoms with Gasteiger partial charge >= 0.3 is 6.09 Å². The summed E-state index contributed by atoms with van der Waals surface area (Å²) in [5.74, 6) is 0.570. The highest BCUT2D eigenvalue weighted by Crippen LogP contribution is 2.12. The molecule has 6 nitrogen and oxygen atoms in total. The van der Waals surface area contributed by atoms with Crippen molar-refractivity contribution in [2.24, 2.45) is 10.9 Å². The van der Waals surface area contributed by atoms with E-state index in [4.69, 9.17) is 15.7 Å². The van der Waals surface area contributed by atoms with Crippen molar-refractivity contribution in [3.63, 3.8) is 0 Å². The van der Waals surface area contributed by atoms with E-state index in [1.165, 1.54) is 4.90 Å². The van der Waals surface area contributed by atoms with Crippen LogP contribution in [0.5, 0.6) is 5.75 Å². The molecule has 6 heteroatoms.